The number of furan rings is 1. The fourth-order valence-electron chi connectivity index (χ4n) is 2.22. The van der Waals surface area contributed by atoms with E-state index in [0.29, 0.717) is 21.4 Å². The largest absolute Gasteiger partial charge is 0.444 e. The number of rotatable bonds is 4. The van der Waals surface area contributed by atoms with Crippen LogP contribution in [0.2, 0.25) is 5.02 Å². The van der Waals surface area contributed by atoms with Crippen molar-refractivity contribution < 1.29 is 9.21 Å². The molecule has 0 saturated heterocycles. The normalized spacial score (nSPS) is 15.9. The van der Waals surface area contributed by atoms with E-state index in [1.54, 1.807) is 12.1 Å². The zero-order valence-electron chi connectivity index (χ0n) is 10.6. The van der Waals surface area contributed by atoms with Gasteiger partial charge in [0, 0.05) is 5.02 Å². The fraction of sp³-hybridized carbons (Fsp3) is 0.267. The number of benzene rings is 1. The molecule has 3 nitrogen and oxygen atoms in total. The van der Waals surface area contributed by atoms with E-state index < -0.39 is 0 Å². The van der Waals surface area contributed by atoms with Crippen LogP contribution in [-0.2, 0) is 0 Å². The maximum absolute atomic E-state index is 12.2. The molecule has 1 N–H and O–H groups in total. The molecule has 20 heavy (non-hydrogen) atoms. The van der Waals surface area contributed by atoms with E-state index >= 15 is 0 Å². The monoisotopic (exact) mass is 353 g/mol. The van der Waals surface area contributed by atoms with Gasteiger partial charge in [-0.15, -0.1) is 0 Å². The van der Waals surface area contributed by atoms with Crippen molar-refractivity contribution in [3.8, 4) is 0 Å². The number of nitrogens with one attached hydrogen (secondary N) is 1. The lowest BCUT2D eigenvalue weighted by Crippen LogP contribution is -2.29. The van der Waals surface area contributed by atoms with Gasteiger partial charge in [0.05, 0.1) is 6.04 Å². The van der Waals surface area contributed by atoms with Gasteiger partial charge >= 0.3 is 0 Å². The van der Waals surface area contributed by atoms with Gasteiger partial charge in [-0.25, -0.2) is 0 Å². The predicted octanol–water partition coefficient (Wildman–Crippen LogP) is 4.58. The molecule has 1 aliphatic carbocycles. The van der Waals surface area contributed by atoms with Crippen molar-refractivity contribution in [1.29, 1.82) is 0 Å². The number of amides is 1. The molecule has 1 atom stereocenters. The molecule has 1 amide bonds. The third kappa shape index (κ3) is 3.07. The van der Waals surface area contributed by atoms with E-state index in [1.165, 1.54) is 0 Å². The first-order chi connectivity index (χ1) is 9.63. The molecule has 1 aromatic heterocycles. The van der Waals surface area contributed by atoms with Gasteiger partial charge in [0.2, 0.25) is 0 Å². The summed E-state index contributed by atoms with van der Waals surface area (Å²) in [5.74, 6) is 0.623. The first-order valence-electron chi connectivity index (χ1n) is 6.45. The van der Waals surface area contributed by atoms with E-state index in [0.717, 1.165) is 18.4 Å². The molecular formula is C15H13BrClNO2. The van der Waals surface area contributed by atoms with E-state index in [2.05, 4.69) is 21.2 Å². The average Bonchev–Trinajstić information content (AvgIpc) is 3.18. The molecule has 0 radical (unpaired) electrons. The van der Waals surface area contributed by atoms with Crippen LogP contribution in [-0.4, -0.2) is 5.91 Å². The first kappa shape index (κ1) is 13.7. The summed E-state index contributed by atoms with van der Waals surface area (Å²) in [7, 11) is 0. The summed E-state index contributed by atoms with van der Waals surface area (Å²) in [6, 6.07) is 11.0. The SMILES string of the molecule is O=C(NC(c1ccc(Cl)cc1)C1CC1)c1ccc(Br)o1. The molecule has 1 saturated carbocycles. The molecule has 1 fully saturated rings. The van der Waals surface area contributed by atoms with Gasteiger partial charge in [0.15, 0.2) is 10.4 Å². The summed E-state index contributed by atoms with van der Waals surface area (Å²) in [5.41, 5.74) is 1.08. The molecule has 1 aromatic carbocycles. The lowest BCUT2D eigenvalue weighted by Gasteiger charge is -2.18. The van der Waals surface area contributed by atoms with Crippen LogP contribution < -0.4 is 5.32 Å². The van der Waals surface area contributed by atoms with Crippen molar-refractivity contribution in [2.75, 3.05) is 0 Å². The summed E-state index contributed by atoms with van der Waals surface area (Å²) < 4.78 is 5.84. The molecule has 104 valence electrons. The third-order valence-electron chi connectivity index (χ3n) is 3.41. The molecule has 0 bridgehead atoms. The van der Waals surface area contributed by atoms with Crippen molar-refractivity contribution >= 4 is 33.4 Å². The highest BCUT2D eigenvalue weighted by atomic mass is 79.9. The summed E-state index contributed by atoms with van der Waals surface area (Å²) in [6.07, 6.45) is 2.27. The Morgan fingerprint density at radius 2 is 1.95 bits per heavy atom. The molecule has 3 rings (SSSR count). The average molecular weight is 355 g/mol. The maximum Gasteiger partial charge on any atom is 0.287 e. The molecular weight excluding hydrogens is 342 g/mol. The van der Waals surface area contributed by atoms with Gasteiger partial charge < -0.3 is 9.73 Å². The number of hydrogen-bond donors (Lipinski definition) is 1. The van der Waals surface area contributed by atoms with E-state index in [9.17, 15) is 4.79 Å². The Labute approximate surface area is 130 Å². The quantitative estimate of drug-likeness (QED) is 0.873. The van der Waals surface area contributed by atoms with Crippen LogP contribution in [0, 0.1) is 5.92 Å². The Bertz CT molecular complexity index is 619. The summed E-state index contributed by atoms with van der Waals surface area (Å²) in [4.78, 5) is 12.2. The van der Waals surface area contributed by atoms with E-state index in [-0.39, 0.29) is 11.9 Å². The second-order valence-electron chi connectivity index (χ2n) is 4.94. The number of carbonyl (C=O) groups is 1. The Morgan fingerprint density at radius 1 is 1.25 bits per heavy atom. The Kier molecular flexibility index (Phi) is 3.85. The number of hydrogen-bond acceptors (Lipinski definition) is 2. The van der Waals surface area contributed by atoms with Crippen LogP contribution in [0.5, 0.6) is 0 Å². The van der Waals surface area contributed by atoms with Gasteiger partial charge in [-0.05, 0) is 64.5 Å². The minimum absolute atomic E-state index is 0.0173. The highest BCUT2D eigenvalue weighted by Crippen LogP contribution is 2.41. The second-order valence-corrected chi connectivity index (χ2v) is 6.16. The van der Waals surface area contributed by atoms with Gasteiger partial charge in [-0.3, -0.25) is 4.79 Å². The van der Waals surface area contributed by atoms with Crippen molar-refractivity contribution in [2.45, 2.75) is 18.9 Å². The molecule has 2 aromatic rings. The van der Waals surface area contributed by atoms with Crippen molar-refractivity contribution in [1.82, 2.24) is 5.32 Å². The predicted molar refractivity (Wildman–Crippen MR) is 80.8 cm³/mol. The minimum Gasteiger partial charge on any atom is -0.444 e. The zero-order chi connectivity index (χ0) is 14.1. The van der Waals surface area contributed by atoms with Crippen LogP contribution in [0.1, 0.15) is 35.0 Å². The Hall–Kier alpha value is -1.26. The highest BCUT2D eigenvalue weighted by Gasteiger charge is 2.34. The molecule has 0 spiro atoms. The van der Waals surface area contributed by atoms with E-state index in [1.807, 2.05) is 24.3 Å². The van der Waals surface area contributed by atoms with Crippen LogP contribution in [0.3, 0.4) is 0 Å². The number of carbonyl (C=O) groups excluding carboxylic acids is 1. The maximum atomic E-state index is 12.2. The molecule has 1 aliphatic rings. The summed E-state index contributed by atoms with van der Waals surface area (Å²) >= 11 is 9.11. The van der Waals surface area contributed by atoms with Gasteiger partial charge in [0.25, 0.3) is 5.91 Å². The van der Waals surface area contributed by atoms with Gasteiger partial charge in [-0.2, -0.15) is 0 Å². The lowest BCUT2D eigenvalue weighted by atomic mass is 10.0. The van der Waals surface area contributed by atoms with Crippen molar-refractivity contribution in [3.63, 3.8) is 0 Å². The molecule has 1 heterocycles. The topological polar surface area (TPSA) is 42.2 Å². The van der Waals surface area contributed by atoms with Gasteiger partial charge in [-0.1, -0.05) is 23.7 Å². The molecule has 1 unspecified atom stereocenters. The Balaban J connectivity index is 1.78. The van der Waals surface area contributed by atoms with Crippen LogP contribution >= 0.6 is 27.5 Å². The molecule has 5 heteroatoms. The van der Waals surface area contributed by atoms with Crippen molar-refractivity contribution in [3.05, 3.63) is 57.4 Å². The summed E-state index contributed by atoms with van der Waals surface area (Å²) in [6.45, 7) is 0. The van der Waals surface area contributed by atoms with Crippen LogP contribution in [0.25, 0.3) is 0 Å². The highest BCUT2D eigenvalue weighted by molar-refractivity contribution is 9.10. The number of halogens is 2. The van der Waals surface area contributed by atoms with E-state index in [4.69, 9.17) is 16.0 Å². The second kappa shape index (κ2) is 5.62. The Morgan fingerprint density at radius 3 is 2.50 bits per heavy atom. The first-order valence-corrected chi connectivity index (χ1v) is 7.62. The lowest BCUT2D eigenvalue weighted by molar-refractivity contribution is 0.0902. The smallest absolute Gasteiger partial charge is 0.287 e. The third-order valence-corrected chi connectivity index (χ3v) is 4.08. The van der Waals surface area contributed by atoms with Crippen molar-refractivity contribution in [2.24, 2.45) is 5.92 Å². The van der Waals surface area contributed by atoms with Crippen LogP contribution in [0.4, 0.5) is 0 Å². The standard InChI is InChI=1S/C15H13BrClNO2/c16-13-8-7-12(20-13)15(19)18-14(9-1-2-9)10-3-5-11(17)6-4-10/h3-9,14H,1-2H2,(H,18,19). The van der Waals surface area contributed by atoms with Gasteiger partial charge in [0.1, 0.15) is 0 Å². The molecule has 0 aliphatic heterocycles. The van der Waals surface area contributed by atoms with Crippen LogP contribution in [0.15, 0.2) is 45.5 Å². The zero-order valence-corrected chi connectivity index (χ0v) is 12.9. The fourth-order valence-corrected chi connectivity index (χ4v) is 2.65. The minimum atomic E-state index is -0.192. The summed E-state index contributed by atoms with van der Waals surface area (Å²) in [5, 5.41) is 3.75.